The molecule has 0 saturated heterocycles. The predicted molar refractivity (Wildman–Crippen MR) is 135 cm³/mol. The molecule has 0 aliphatic carbocycles. The third-order valence-corrected chi connectivity index (χ3v) is 5.85. The summed E-state index contributed by atoms with van der Waals surface area (Å²) in [5.41, 5.74) is 4.28. The molecule has 2 N–H and O–H groups in total. The molecule has 176 valence electrons. The van der Waals surface area contributed by atoms with Crippen LogP contribution in [0.5, 0.6) is 5.75 Å². The monoisotopic (exact) mass is 488 g/mol. The SMILES string of the molecule is OCCc1ccn(-c2ccc3ncnc(Nc4ccc(OCc5cccc(F)c5)c(Cl)c4)c3c2)c1. The minimum absolute atomic E-state index is 0.112. The summed E-state index contributed by atoms with van der Waals surface area (Å²) >= 11 is 6.45. The van der Waals surface area contributed by atoms with Crippen LogP contribution in [0.25, 0.3) is 16.6 Å². The molecular formula is C27H22ClFN4O2. The van der Waals surface area contributed by atoms with Gasteiger partial charge >= 0.3 is 0 Å². The molecule has 0 unspecified atom stereocenters. The fraction of sp³-hybridized carbons (Fsp3) is 0.111. The number of ether oxygens (including phenoxy) is 1. The zero-order chi connectivity index (χ0) is 24.2. The number of benzene rings is 3. The molecule has 3 aromatic carbocycles. The van der Waals surface area contributed by atoms with E-state index in [1.165, 1.54) is 18.5 Å². The van der Waals surface area contributed by atoms with E-state index in [4.69, 9.17) is 16.3 Å². The van der Waals surface area contributed by atoms with Crippen molar-refractivity contribution in [3.05, 3.63) is 107 Å². The van der Waals surface area contributed by atoms with Crippen LogP contribution in [-0.4, -0.2) is 26.2 Å². The van der Waals surface area contributed by atoms with Gasteiger partial charge in [0.1, 0.15) is 30.3 Å². The molecule has 0 fully saturated rings. The first-order chi connectivity index (χ1) is 17.1. The van der Waals surface area contributed by atoms with Crippen LogP contribution in [0.3, 0.4) is 0 Å². The standard InChI is InChI=1S/C27H22ClFN4O2/c28-24-13-21(4-7-26(24)35-16-19-2-1-3-20(29)12-19)32-27-23-14-22(5-6-25(23)30-17-31-27)33-10-8-18(15-33)9-11-34/h1-8,10,12-15,17,34H,9,11,16H2,(H,30,31,32). The second kappa shape index (κ2) is 10.1. The summed E-state index contributed by atoms with van der Waals surface area (Å²) in [5, 5.41) is 13.8. The second-order valence-corrected chi connectivity index (χ2v) is 8.42. The highest BCUT2D eigenvalue weighted by Gasteiger charge is 2.09. The van der Waals surface area contributed by atoms with E-state index in [2.05, 4.69) is 15.3 Å². The maximum Gasteiger partial charge on any atom is 0.141 e. The minimum atomic E-state index is -0.306. The van der Waals surface area contributed by atoms with Gasteiger partial charge in [-0.1, -0.05) is 23.7 Å². The highest BCUT2D eigenvalue weighted by molar-refractivity contribution is 6.32. The normalized spacial score (nSPS) is 11.1. The summed E-state index contributed by atoms with van der Waals surface area (Å²) in [7, 11) is 0. The van der Waals surface area contributed by atoms with Crippen molar-refractivity contribution >= 4 is 34.0 Å². The number of aromatic nitrogens is 3. The Bertz CT molecular complexity index is 1490. The quantitative estimate of drug-likeness (QED) is 0.277. The van der Waals surface area contributed by atoms with E-state index < -0.39 is 0 Å². The van der Waals surface area contributed by atoms with Crippen molar-refractivity contribution in [2.75, 3.05) is 11.9 Å². The molecule has 0 spiro atoms. The van der Waals surface area contributed by atoms with Crippen molar-refractivity contribution in [3.63, 3.8) is 0 Å². The Morgan fingerprint density at radius 1 is 1.00 bits per heavy atom. The van der Waals surface area contributed by atoms with Crippen molar-refractivity contribution < 1.29 is 14.2 Å². The fourth-order valence-corrected chi connectivity index (χ4v) is 4.04. The molecule has 0 saturated carbocycles. The maximum absolute atomic E-state index is 13.4. The highest BCUT2D eigenvalue weighted by atomic mass is 35.5. The Hall–Kier alpha value is -3.94. The molecule has 0 bridgehead atoms. The number of nitrogens with one attached hydrogen (secondary N) is 1. The van der Waals surface area contributed by atoms with Crippen molar-refractivity contribution in [1.82, 2.24) is 14.5 Å². The van der Waals surface area contributed by atoms with Gasteiger partial charge in [0, 0.05) is 35.8 Å². The summed E-state index contributed by atoms with van der Waals surface area (Å²) in [5.74, 6) is 0.839. The lowest BCUT2D eigenvalue weighted by molar-refractivity contribution is 0.299. The zero-order valence-electron chi connectivity index (χ0n) is 18.7. The van der Waals surface area contributed by atoms with Gasteiger partial charge in [-0.25, -0.2) is 14.4 Å². The number of rotatable bonds is 8. The van der Waals surface area contributed by atoms with Gasteiger partial charge in [-0.2, -0.15) is 0 Å². The first-order valence-corrected chi connectivity index (χ1v) is 11.4. The predicted octanol–water partition coefficient (Wildman–Crippen LogP) is 6.07. The number of fused-ring (bicyclic) bond motifs is 1. The van der Waals surface area contributed by atoms with Crippen LogP contribution in [-0.2, 0) is 13.0 Å². The van der Waals surface area contributed by atoms with E-state index in [1.807, 2.05) is 47.3 Å². The van der Waals surface area contributed by atoms with Crippen LogP contribution >= 0.6 is 11.6 Å². The molecule has 0 amide bonds. The van der Waals surface area contributed by atoms with Gasteiger partial charge in [0.25, 0.3) is 0 Å². The average Bonchev–Trinajstić information content (AvgIpc) is 3.32. The summed E-state index contributed by atoms with van der Waals surface area (Å²) in [4.78, 5) is 8.81. The molecular weight excluding hydrogens is 467 g/mol. The van der Waals surface area contributed by atoms with Crippen LogP contribution in [0.1, 0.15) is 11.1 Å². The minimum Gasteiger partial charge on any atom is -0.487 e. The van der Waals surface area contributed by atoms with E-state index in [0.717, 1.165) is 33.4 Å². The van der Waals surface area contributed by atoms with E-state index in [-0.39, 0.29) is 19.0 Å². The van der Waals surface area contributed by atoms with Gasteiger partial charge in [-0.05, 0) is 72.1 Å². The molecule has 0 atom stereocenters. The number of nitrogens with zero attached hydrogens (tertiary/aromatic N) is 3. The van der Waals surface area contributed by atoms with Gasteiger partial charge in [0.05, 0.1) is 10.5 Å². The van der Waals surface area contributed by atoms with Crippen LogP contribution in [0.15, 0.2) is 85.5 Å². The van der Waals surface area contributed by atoms with Crippen molar-refractivity contribution in [2.45, 2.75) is 13.0 Å². The van der Waals surface area contributed by atoms with Gasteiger partial charge < -0.3 is 19.7 Å². The van der Waals surface area contributed by atoms with Crippen LogP contribution < -0.4 is 10.1 Å². The third kappa shape index (κ3) is 5.26. The van der Waals surface area contributed by atoms with E-state index in [9.17, 15) is 9.50 Å². The molecule has 0 radical (unpaired) electrons. The third-order valence-electron chi connectivity index (χ3n) is 5.55. The van der Waals surface area contributed by atoms with Gasteiger partial charge in [0.2, 0.25) is 0 Å². The molecule has 6 nitrogen and oxygen atoms in total. The largest absolute Gasteiger partial charge is 0.487 e. The lowest BCUT2D eigenvalue weighted by Gasteiger charge is -2.12. The van der Waals surface area contributed by atoms with Crippen molar-refractivity contribution in [2.24, 2.45) is 0 Å². The Kier molecular flexibility index (Phi) is 6.61. The molecule has 2 aromatic heterocycles. The smallest absolute Gasteiger partial charge is 0.141 e. The maximum atomic E-state index is 13.4. The number of anilines is 2. The molecule has 35 heavy (non-hydrogen) atoms. The van der Waals surface area contributed by atoms with E-state index >= 15 is 0 Å². The summed E-state index contributed by atoms with van der Waals surface area (Å²) in [6, 6.07) is 19.6. The number of hydrogen-bond donors (Lipinski definition) is 2. The van der Waals surface area contributed by atoms with Crippen LogP contribution in [0, 0.1) is 5.82 Å². The fourth-order valence-electron chi connectivity index (χ4n) is 3.80. The van der Waals surface area contributed by atoms with Crippen LogP contribution in [0.4, 0.5) is 15.9 Å². The molecule has 8 heteroatoms. The summed E-state index contributed by atoms with van der Waals surface area (Å²) in [6.07, 6.45) is 6.08. The van der Waals surface area contributed by atoms with E-state index in [0.29, 0.717) is 23.0 Å². The molecule has 5 rings (SSSR count). The average molecular weight is 489 g/mol. The van der Waals surface area contributed by atoms with Crippen molar-refractivity contribution in [1.29, 1.82) is 0 Å². The molecule has 5 aromatic rings. The Morgan fingerprint density at radius 3 is 2.74 bits per heavy atom. The van der Waals surface area contributed by atoms with Crippen molar-refractivity contribution in [3.8, 4) is 11.4 Å². The van der Waals surface area contributed by atoms with E-state index in [1.54, 1.807) is 24.3 Å². The van der Waals surface area contributed by atoms with Gasteiger partial charge in [-0.3, -0.25) is 0 Å². The second-order valence-electron chi connectivity index (χ2n) is 8.01. The van der Waals surface area contributed by atoms with Gasteiger partial charge in [-0.15, -0.1) is 0 Å². The first kappa shape index (κ1) is 22.8. The zero-order valence-corrected chi connectivity index (χ0v) is 19.4. The molecule has 2 heterocycles. The number of hydrogen-bond acceptors (Lipinski definition) is 5. The Labute approximate surface area is 206 Å². The Morgan fingerprint density at radius 2 is 1.91 bits per heavy atom. The lowest BCUT2D eigenvalue weighted by atomic mass is 10.2. The summed E-state index contributed by atoms with van der Waals surface area (Å²) < 4.78 is 21.2. The number of halogens is 2. The topological polar surface area (TPSA) is 72.2 Å². The first-order valence-electron chi connectivity index (χ1n) is 11.1. The highest BCUT2D eigenvalue weighted by Crippen LogP contribution is 2.31. The number of aliphatic hydroxyl groups is 1. The number of aliphatic hydroxyl groups excluding tert-OH is 1. The molecule has 0 aliphatic heterocycles. The van der Waals surface area contributed by atoms with Gasteiger partial charge in [0.15, 0.2) is 0 Å². The lowest BCUT2D eigenvalue weighted by Crippen LogP contribution is -1.99. The molecule has 0 aliphatic rings. The Balaban J connectivity index is 1.37. The van der Waals surface area contributed by atoms with Crippen LogP contribution in [0.2, 0.25) is 5.02 Å². The summed E-state index contributed by atoms with van der Waals surface area (Å²) in [6.45, 7) is 0.323.